The molecule has 0 bridgehead atoms. The maximum absolute atomic E-state index is 4.36. The summed E-state index contributed by atoms with van der Waals surface area (Å²) in [6.07, 6.45) is 5.07. The molecule has 1 heterocycles. The van der Waals surface area contributed by atoms with E-state index in [-0.39, 0.29) is 58.2 Å². The monoisotopic (exact) mass is 263 g/mol. The van der Waals surface area contributed by atoms with Gasteiger partial charge in [-0.1, -0.05) is 43.7 Å². The van der Waals surface area contributed by atoms with Gasteiger partial charge in [-0.15, -0.1) is 12.2 Å². The molecule has 1 nitrogen and oxygen atoms in total. The molecule has 0 aromatic heterocycles. The zero-order chi connectivity index (χ0) is 10.3. The molecule has 0 aromatic carbocycles. The van der Waals surface area contributed by atoms with Crippen molar-refractivity contribution in [1.29, 1.82) is 0 Å². The van der Waals surface area contributed by atoms with Crippen LogP contribution in [-0.4, -0.2) is 6.54 Å². The first-order valence-electron chi connectivity index (χ1n) is 4.92. The Morgan fingerprint density at radius 2 is 2.00 bits per heavy atom. The Bertz CT molecular complexity index is 226. The fourth-order valence-electron chi connectivity index (χ4n) is 1.05. The molecule has 0 atom stereocenters. The number of hydrogen-bond donors (Lipinski definition) is 0. The molecule has 0 fully saturated rings. The maximum atomic E-state index is 4.36. The van der Waals surface area contributed by atoms with Crippen LogP contribution in [0.4, 0.5) is 0 Å². The van der Waals surface area contributed by atoms with Crippen LogP contribution in [0.15, 0.2) is 35.6 Å². The molecule has 0 saturated heterocycles. The second-order valence-electron chi connectivity index (χ2n) is 2.89. The second kappa shape index (κ2) is 10.3. The van der Waals surface area contributed by atoms with Crippen LogP contribution in [0, 0.1) is 0 Å². The molecular formula is C12H20NRb. The van der Waals surface area contributed by atoms with Gasteiger partial charge in [0.2, 0.25) is 0 Å². The summed E-state index contributed by atoms with van der Waals surface area (Å²) in [6, 6.07) is 0. The summed E-state index contributed by atoms with van der Waals surface area (Å²) in [5, 5.41) is 4.36. The van der Waals surface area contributed by atoms with Crippen molar-refractivity contribution < 1.29 is 58.2 Å². The van der Waals surface area contributed by atoms with Crippen LogP contribution in [0.3, 0.4) is 0 Å². The van der Waals surface area contributed by atoms with Gasteiger partial charge in [0.05, 0.1) is 0 Å². The zero-order valence-electron chi connectivity index (χ0n) is 10.2. The van der Waals surface area contributed by atoms with E-state index >= 15 is 0 Å². The first-order chi connectivity index (χ1) is 6.24. The van der Waals surface area contributed by atoms with Crippen LogP contribution in [0.1, 0.15) is 34.1 Å². The zero-order valence-corrected chi connectivity index (χ0v) is 15.1. The largest absolute Gasteiger partial charge is 1.00 e. The maximum Gasteiger partial charge on any atom is 1.00 e. The van der Waals surface area contributed by atoms with Crippen LogP contribution in [0.25, 0.3) is 5.32 Å². The normalized spacial score (nSPS) is 15.0. The first kappa shape index (κ1) is 17.2. The molecule has 0 spiro atoms. The number of nitrogens with zero attached hydrogens (tertiary/aromatic N) is 1. The molecule has 0 aliphatic carbocycles. The summed E-state index contributed by atoms with van der Waals surface area (Å²) in [6.45, 7) is 12.8. The van der Waals surface area contributed by atoms with Crippen molar-refractivity contribution in [3.63, 3.8) is 0 Å². The van der Waals surface area contributed by atoms with Gasteiger partial charge < -0.3 is 5.32 Å². The van der Waals surface area contributed by atoms with Gasteiger partial charge in [-0.2, -0.15) is 0 Å². The van der Waals surface area contributed by atoms with E-state index in [0.29, 0.717) is 0 Å². The molecule has 1 aliphatic heterocycles. The Balaban J connectivity index is 0. The predicted molar refractivity (Wildman–Crippen MR) is 60.8 cm³/mol. The SMILES string of the molecule is C=C/C(C)=C\C1=C(C)CC[N-]1.CC.[Rb+]. The summed E-state index contributed by atoms with van der Waals surface area (Å²) in [5.74, 6) is 0. The molecular weight excluding hydrogens is 244 g/mol. The minimum Gasteiger partial charge on any atom is -0.684 e. The van der Waals surface area contributed by atoms with Gasteiger partial charge in [-0.05, 0) is 20.3 Å². The van der Waals surface area contributed by atoms with E-state index in [4.69, 9.17) is 0 Å². The van der Waals surface area contributed by atoms with Crippen molar-refractivity contribution in [3.05, 3.63) is 40.9 Å². The summed E-state index contributed by atoms with van der Waals surface area (Å²) < 4.78 is 0. The molecule has 74 valence electrons. The van der Waals surface area contributed by atoms with E-state index in [9.17, 15) is 0 Å². The number of hydrogen-bond acceptors (Lipinski definition) is 0. The molecule has 0 amide bonds. The Morgan fingerprint density at radius 1 is 1.43 bits per heavy atom. The van der Waals surface area contributed by atoms with E-state index in [0.717, 1.165) is 18.7 Å². The van der Waals surface area contributed by atoms with Gasteiger partial charge in [0, 0.05) is 0 Å². The molecule has 0 aromatic rings. The second-order valence-corrected chi connectivity index (χ2v) is 2.89. The van der Waals surface area contributed by atoms with Gasteiger partial charge >= 0.3 is 58.2 Å². The Kier molecular flexibility index (Phi) is 12.7. The predicted octanol–water partition coefficient (Wildman–Crippen LogP) is 1.20. The van der Waals surface area contributed by atoms with Crippen LogP contribution < -0.4 is 58.2 Å². The van der Waals surface area contributed by atoms with Crippen LogP contribution in [0.5, 0.6) is 0 Å². The molecule has 1 aliphatic rings. The van der Waals surface area contributed by atoms with Gasteiger partial charge in [-0.25, -0.2) is 0 Å². The first-order valence-corrected chi connectivity index (χ1v) is 4.92. The fourth-order valence-corrected chi connectivity index (χ4v) is 1.05. The van der Waals surface area contributed by atoms with E-state index in [1.165, 1.54) is 11.1 Å². The van der Waals surface area contributed by atoms with Crippen LogP contribution >= 0.6 is 0 Å². The van der Waals surface area contributed by atoms with Crippen molar-refractivity contribution in [2.45, 2.75) is 34.1 Å². The Labute approximate surface area is 138 Å². The molecule has 0 N–H and O–H groups in total. The Hall–Kier alpha value is 0.825. The molecule has 2 heteroatoms. The third-order valence-electron chi connectivity index (χ3n) is 1.89. The van der Waals surface area contributed by atoms with Crippen LogP contribution in [-0.2, 0) is 0 Å². The fraction of sp³-hybridized carbons (Fsp3) is 0.500. The van der Waals surface area contributed by atoms with Crippen molar-refractivity contribution in [1.82, 2.24) is 0 Å². The molecule has 1 rings (SSSR count). The number of rotatable bonds is 2. The van der Waals surface area contributed by atoms with Gasteiger partial charge in [0.25, 0.3) is 0 Å². The smallest absolute Gasteiger partial charge is 0.684 e. The van der Waals surface area contributed by atoms with Gasteiger partial charge in [0.15, 0.2) is 0 Å². The topological polar surface area (TPSA) is 14.1 Å². The third-order valence-corrected chi connectivity index (χ3v) is 1.89. The minimum absolute atomic E-state index is 0. The molecule has 0 unspecified atom stereocenters. The van der Waals surface area contributed by atoms with E-state index in [2.05, 4.69) is 24.9 Å². The van der Waals surface area contributed by atoms with Crippen molar-refractivity contribution >= 4 is 0 Å². The van der Waals surface area contributed by atoms with Crippen LogP contribution in [0.2, 0.25) is 0 Å². The average molecular weight is 264 g/mol. The van der Waals surface area contributed by atoms with E-state index < -0.39 is 0 Å². The minimum atomic E-state index is 0. The third kappa shape index (κ3) is 6.34. The standard InChI is InChI=1S/C10H14N.C2H6.Rb/c1-4-8(2)7-10-9(3)5-6-11-10;1-2;/h4,7H,1,5-6H2,2-3H3;1-2H3;/q-1;;+1/b8-7-;;. The Morgan fingerprint density at radius 3 is 2.36 bits per heavy atom. The van der Waals surface area contributed by atoms with E-state index in [1.807, 2.05) is 26.8 Å². The molecule has 0 saturated carbocycles. The molecule has 14 heavy (non-hydrogen) atoms. The summed E-state index contributed by atoms with van der Waals surface area (Å²) in [4.78, 5) is 0. The summed E-state index contributed by atoms with van der Waals surface area (Å²) >= 11 is 0. The van der Waals surface area contributed by atoms with Crippen molar-refractivity contribution in [2.75, 3.05) is 6.54 Å². The quantitative estimate of drug-likeness (QED) is 0.665. The summed E-state index contributed by atoms with van der Waals surface area (Å²) in [5.41, 5.74) is 3.73. The van der Waals surface area contributed by atoms with Gasteiger partial charge in [-0.3, -0.25) is 0 Å². The van der Waals surface area contributed by atoms with Gasteiger partial charge in [0.1, 0.15) is 0 Å². The molecule has 0 radical (unpaired) electrons. The number of allylic oxidation sites excluding steroid dienone is 3. The average Bonchev–Trinajstić information content (AvgIpc) is 2.55. The van der Waals surface area contributed by atoms with Crippen molar-refractivity contribution in [3.8, 4) is 0 Å². The van der Waals surface area contributed by atoms with E-state index in [1.54, 1.807) is 0 Å². The summed E-state index contributed by atoms with van der Waals surface area (Å²) in [7, 11) is 0. The van der Waals surface area contributed by atoms with Crippen molar-refractivity contribution in [2.24, 2.45) is 0 Å².